The molecule has 1 aliphatic heterocycles. The molecule has 0 radical (unpaired) electrons. The van der Waals surface area contributed by atoms with E-state index in [-0.39, 0.29) is 11.6 Å². The first-order chi connectivity index (χ1) is 14.2. The van der Waals surface area contributed by atoms with Crippen LogP contribution in [0, 0.1) is 0 Å². The van der Waals surface area contributed by atoms with Crippen molar-refractivity contribution in [2.45, 2.75) is 19.8 Å². The highest BCUT2D eigenvalue weighted by Gasteiger charge is 2.14. The van der Waals surface area contributed by atoms with Crippen LogP contribution < -0.4 is 15.0 Å². The number of hydrogen-bond acceptors (Lipinski definition) is 7. The third-order valence-corrected chi connectivity index (χ3v) is 4.66. The van der Waals surface area contributed by atoms with Gasteiger partial charge in [-0.15, -0.1) is 10.2 Å². The lowest BCUT2D eigenvalue weighted by Gasteiger charge is -2.15. The van der Waals surface area contributed by atoms with Crippen molar-refractivity contribution >= 4 is 17.4 Å². The zero-order chi connectivity index (χ0) is 20.1. The van der Waals surface area contributed by atoms with Crippen molar-refractivity contribution in [2.24, 2.45) is 0 Å². The van der Waals surface area contributed by atoms with Crippen molar-refractivity contribution in [1.82, 2.24) is 20.2 Å². The predicted molar refractivity (Wildman–Crippen MR) is 110 cm³/mol. The lowest BCUT2D eigenvalue weighted by molar-refractivity contribution is 0.102. The molecule has 148 valence electrons. The molecule has 1 N–H and O–H groups in total. The summed E-state index contributed by atoms with van der Waals surface area (Å²) in [5, 5.41) is 11.6. The van der Waals surface area contributed by atoms with Gasteiger partial charge in [0.15, 0.2) is 5.82 Å². The fourth-order valence-corrected chi connectivity index (χ4v) is 3.24. The van der Waals surface area contributed by atoms with E-state index >= 15 is 0 Å². The maximum atomic E-state index is 12.5. The van der Waals surface area contributed by atoms with Gasteiger partial charge in [0.05, 0.1) is 12.3 Å². The highest BCUT2D eigenvalue weighted by molar-refractivity contribution is 6.03. The number of aromatic nitrogens is 4. The second-order valence-corrected chi connectivity index (χ2v) is 6.68. The second kappa shape index (κ2) is 8.64. The van der Waals surface area contributed by atoms with Crippen LogP contribution in [0.3, 0.4) is 0 Å². The Morgan fingerprint density at radius 2 is 1.97 bits per heavy atom. The Hall–Kier alpha value is -3.55. The average molecular weight is 390 g/mol. The fourth-order valence-electron chi connectivity index (χ4n) is 3.24. The number of carbonyl (C=O) groups is 1. The first-order valence-corrected chi connectivity index (χ1v) is 9.68. The van der Waals surface area contributed by atoms with Crippen LogP contribution in [-0.4, -0.2) is 45.8 Å². The summed E-state index contributed by atoms with van der Waals surface area (Å²) in [6, 6.07) is 13.0. The molecule has 3 aromatic rings. The number of ether oxygens (including phenoxy) is 1. The van der Waals surface area contributed by atoms with Crippen molar-refractivity contribution < 1.29 is 9.53 Å². The number of amides is 1. The van der Waals surface area contributed by atoms with E-state index in [4.69, 9.17) is 4.74 Å². The second-order valence-electron chi connectivity index (χ2n) is 6.68. The van der Waals surface area contributed by atoms with Gasteiger partial charge < -0.3 is 15.0 Å². The van der Waals surface area contributed by atoms with E-state index in [9.17, 15) is 4.79 Å². The van der Waals surface area contributed by atoms with Crippen molar-refractivity contribution in [3.8, 4) is 17.1 Å². The topological polar surface area (TPSA) is 93.1 Å². The standard InChI is InChI=1S/C21H22N6O2/c1-2-29-20-13-18(22-14-23-20)21(28)24-16-7-5-6-15(12-16)17-8-9-19(26-25-17)27-10-3-4-11-27/h5-9,12-14H,2-4,10-11H2,1H3,(H,24,28). The van der Waals surface area contributed by atoms with E-state index in [1.165, 1.54) is 25.2 Å². The van der Waals surface area contributed by atoms with Crippen molar-refractivity contribution in [2.75, 3.05) is 29.9 Å². The predicted octanol–water partition coefficient (Wildman–Crippen LogP) is 3.18. The van der Waals surface area contributed by atoms with E-state index in [1.54, 1.807) is 0 Å². The lowest BCUT2D eigenvalue weighted by Crippen LogP contribution is -2.19. The molecule has 1 fully saturated rings. The largest absolute Gasteiger partial charge is 0.478 e. The summed E-state index contributed by atoms with van der Waals surface area (Å²) in [5.41, 5.74) is 2.52. The monoisotopic (exact) mass is 390 g/mol. The normalized spacial score (nSPS) is 13.3. The number of rotatable bonds is 6. The minimum atomic E-state index is -0.332. The summed E-state index contributed by atoms with van der Waals surface area (Å²) < 4.78 is 5.32. The molecule has 8 heteroatoms. The Morgan fingerprint density at radius 1 is 1.10 bits per heavy atom. The van der Waals surface area contributed by atoms with E-state index < -0.39 is 0 Å². The molecular weight excluding hydrogens is 368 g/mol. The van der Waals surface area contributed by atoms with E-state index in [0.717, 1.165) is 30.2 Å². The van der Waals surface area contributed by atoms with Crippen LogP contribution in [0.15, 0.2) is 48.8 Å². The van der Waals surface area contributed by atoms with Gasteiger partial charge in [-0.1, -0.05) is 12.1 Å². The van der Waals surface area contributed by atoms with Gasteiger partial charge in [0.1, 0.15) is 12.0 Å². The van der Waals surface area contributed by atoms with Gasteiger partial charge in [0.25, 0.3) is 5.91 Å². The molecule has 0 bridgehead atoms. The minimum absolute atomic E-state index is 0.239. The summed E-state index contributed by atoms with van der Waals surface area (Å²) in [6.07, 6.45) is 3.71. The summed E-state index contributed by atoms with van der Waals surface area (Å²) in [4.78, 5) is 22.8. The Kier molecular flexibility index (Phi) is 5.60. The molecule has 1 aliphatic rings. The number of hydrogen-bond donors (Lipinski definition) is 1. The first kappa shape index (κ1) is 18.8. The van der Waals surface area contributed by atoms with Crippen LogP contribution >= 0.6 is 0 Å². The summed E-state index contributed by atoms with van der Waals surface area (Å²) in [6.45, 7) is 4.39. The zero-order valence-electron chi connectivity index (χ0n) is 16.2. The smallest absolute Gasteiger partial charge is 0.274 e. The number of carbonyl (C=O) groups excluding carboxylic acids is 1. The third-order valence-electron chi connectivity index (χ3n) is 4.66. The van der Waals surface area contributed by atoms with Crippen molar-refractivity contribution in [1.29, 1.82) is 0 Å². The number of nitrogens with zero attached hydrogens (tertiary/aromatic N) is 5. The number of benzene rings is 1. The molecule has 0 saturated carbocycles. The molecule has 0 spiro atoms. The van der Waals surface area contributed by atoms with Gasteiger partial charge in [0.2, 0.25) is 5.88 Å². The quantitative estimate of drug-likeness (QED) is 0.691. The molecule has 0 atom stereocenters. The van der Waals surface area contributed by atoms with E-state index in [2.05, 4.69) is 30.4 Å². The molecule has 2 aromatic heterocycles. The Bertz CT molecular complexity index is 986. The molecule has 3 heterocycles. The number of anilines is 2. The molecule has 1 aromatic carbocycles. The summed E-state index contributed by atoms with van der Waals surface area (Å²) in [7, 11) is 0. The molecule has 1 amide bonds. The Labute approximate surface area is 169 Å². The van der Waals surface area contributed by atoms with Gasteiger partial charge in [0, 0.05) is 30.4 Å². The molecule has 4 rings (SSSR count). The van der Waals surface area contributed by atoms with Gasteiger partial charge in [-0.3, -0.25) is 4.79 Å². The van der Waals surface area contributed by atoms with Crippen LogP contribution in [0.5, 0.6) is 5.88 Å². The van der Waals surface area contributed by atoms with Crippen LogP contribution in [0.2, 0.25) is 0 Å². The lowest BCUT2D eigenvalue weighted by atomic mass is 10.1. The highest BCUT2D eigenvalue weighted by Crippen LogP contribution is 2.23. The van der Waals surface area contributed by atoms with Gasteiger partial charge in [-0.2, -0.15) is 0 Å². The molecule has 1 saturated heterocycles. The van der Waals surface area contributed by atoms with Gasteiger partial charge >= 0.3 is 0 Å². The van der Waals surface area contributed by atoms with E-state index in [1.807, 2.05) is 43.3 Å². The van der Waals surface area contributed by atoms with Gasteiger partial charge in [-0.25, -0.2) is 9.97 Å². The minimum Gasteiger partial charge on any atom is -0.478 e. The molecule has 29 heavy (non-hydrogen) atoms. The van der Waals surface area contributed by atoms with Gasteiger partial charge in [-0.05, 0) is 44.0 Å². The first-order valence-electron chi connectivity index (χ1n) is 9.68. The van der Waals surface area contributed by atoms with Crippen LogP contribution in [0.25, 0.3) is 11.3 Å². The van der Waals surface area contributed by atoms with E-state index in [0.29, 0.717) is 18.2 Å². The Morgan fingerprint density at radius 3 is 2.72 bits per heavy atom. The summed E-state index contributed by atoms with van der Waals surface area (Å²) in [5.74, 6) is 0.945. The Balaban J connectivity index is 1.48. The molecular formula is C21H22N6O2. The fraction of sp³-hybridized carbons (Fsp3) is 0.286. The highest BCUT2D eigenvalue weighted by atomic mass is 16.5. The number of nitrogens with one attached hydrogen (secondary N) is 1. The van der Waals surface area contributed by atoms with Crippen LogP contribution in [-0.2, 0) is 0 Å². The maximum Gasteiger partial charge on any atom is 0.274 e. The zero-order valence-corrected chi connectivity index (χ0v) is 16.2. The molecule has 0 aliphatic carbocycles. The average Bonchev–Trinajstić information content (AvgIpc) is 3.29. The van der Waals surface area contributed by atoms with Crippen LogP contribution in [0.1, 0.15) is 30.3 Å². The van der Waals surface area contributed by atoms with Crippen molar-refractivity contribution in [3.63, 3.8) is 0 Å². The molecule has 0 unspecified atom stereocenters. The summed E-state index contributed by atoms with van der Waals surface area (Å²) >= 11 is 0. The van der Waals surface area contributed by atoms with Crippen LogP contribution in [0.4, 0.5) is 11.5 Å². The maximum absolute atomic E-state index is 12.5. The third kappa shape index (κ3) is 4.48. The van der Waals surface area contributed by atoms with Crippen molar-refractivity contribution in [3.05, 3.63) is 54.5 Å². The molecule has 8 nitrogen and oxygen atoms in total. The SMILES string of the molecule is CCOc1cc(C(=O)Nc2cccc(-c3ccc(N4CCCC4)nn3)c2)ncn1.